The van der Waals surface area contributed by atoms with Crippen molar-refractivity contribution >= 4 is 12.2 Å². The fourth-order valence-electron chi connectivity index (χ4n) is 2.50. The molecule has 7 heteroatoms. The van der Waals surface area contributed by atoms with Crippen molar-refractivity contribution in [1.82, 2.24) is 9.80 Å². The van der Waals surface area contributed by atoms with Gasteiger partial charge in [0.05, 0.1) is 12.1 Å². The molecule has 0 aliphatic carbocycles. The first-order valence-corrected chi connectivity index (χ1v) is 8.44. The van der Waals surface area contributed by atoms with Crippen LogP contribution in [0.25, 0.3) is 0 Å². The minimum Gasteiger partial charge on any atom is -0.444 e. The van der Waals surface area contributed by atoms with Gasteiger partial charge in [0, 0.05) is 19.6 Å². The van der Waals surface area contributed by atoms with Crippen molar-refractivity contribution in [2.45, 2.75) is 78.2 Å². The third-order valence-corrected chi connectivity index (χ3v) is 3.38. The van der Waals surface area contributed by atoms with Crippen LogP contribution in [0.1, 0.15) is 54.9 Å². The van der Waals surface area contributed by atoms with Crippen molar-refractivity contribution in [3.8, 4) is 0 Å². The molecule has 1 unspecified atom stereocenters. The van der Waals surface area contributed by atoms with Crippen molar-refractivity contribution < 1.29 is 24.2 Å². The lowest BCUT2D eigenvalue weighted by Crippen LogP contribution is -2.58. The first kappa shape index (κ1) is 20.5. The number of nitrogens with zero attached hydrogens (tertiary/aromatic N) is 2. The molecule has 1 N–H and O–H groups in total. The summed E-state index contributed by atoms with van der Waals surface area (Å²) < 4.78 is 10.8. The maximum absolute atomic E-state index is 12.4. The van der Waals surface area contributed by atoms with Crippen LogP contribution >= 0.6 is 0 Å². The van der Waals surface area contributed by atoms with Gasteiger partial charge in [0.1, 0.15) is 11.2 Å². The van der Waals surface area contributed by atoms with Crippen LogP contribution in [0.15, 0.2) is 0 Å². The van der Waals surface area contributed by atoms with Gasteiger partial charge in [0.2, 0.25) is 0 Å². The second-order valence-electron chi connectivity index (χ2n) is 8.34. The normalized spacial score (nSPS) is 20.6. The molecule has 0 bridgehead atoms. The summed E-state index contributed by atoms with van der Waals surface area (Å²) in [6.07, 6.45) is -1.03. The average molecular weight is 344 g/mol. The number of piperazine rings is 1. The van der Waals surface area contributed by atoms with Crippen LogP contribution in [-0.4, -0.2) is 70.1 Å². The molecule has 0 aromatic rings. The van der Waals surface area contributed by atoms with Gasteiger partial charge < -0.3 is 24.4 Å². The van der Waals surface area contributed by atoms with Crippen molar-refractivity contribution in [1.29, 1.82) is 0 Å². The Morgan fingerprint density at radius 3 is 2.00 bits per heavy atom. The summed E-state index contributed by atoms with van der Waals surface area (Å²) in [6.45, 7) is 13.6. The minimum atomic E-state index is -0.589. The number of rotatable bonds is 2. The highest BCUT2D eigenvalue weighted by Crippen LogP contribution is 2.20. The summed E-state index contributed by atoms with van der Waals surface area (Å²) >= 11 is 0. The van der Waals surface area contributed by atoms with E-state index in [1.165, 1.54) is 0 Å². The summed E-state index contributed by atoms with van der Waals surface area (Å²) in [5.74, 6) is 0. The van der Waals surface area contributed by atoms with Gasteiger partial charge in [-0.2, -0.15) is 0 Å². The molecule has 0 aromatic heterocycles. The molecule has 1 rings (SSSR count). The number of hydrogen-bond acceptors (Lipinski definition) is 5. The Hall–Kier alpha value is -1.50. The highest BCUT2D eigenvalue weighted by atomic mass is 16.6. The predicted octanol–water partition coefficient (Wildman–Crippen LogP) is 2.61. The SMILES string of the molecule is C[C@@H](O)CC1CN(C(=O)OC(C)(C)C)CCN1C(=O)OC(C)(C)C. The molecule has 24 heavy (non-hydrogen) atoms. The molecule has 0 spiro atoms. The molecule has 7 nitrogen and oxygen atoms in total. The number of hydrogen-bond donors (Lipinski definition) is 1. The van der Waals surface area contributed by atoms with E-state index in [1.807, 2.05) is 41.5 Å². The second-order valence-corrected chi connectivity index (χ2v) is 8.34. The zero-order valence-electron chi connectivity index (χ0n) is 16.0. The number of carbonyl (C=O) groups excluding carboxylic acids is 2. The summed E-state index contributed by atoms with van der Waals surface area (Å²) in [6, 6.07) is -0.305. The van der Waals surface area contributed by atoms with Crippen LogP contribution in [0.4, 0.5) is 9.59 Å². The average Bonchev–Trinajstić information content (AvgIpc) is 2.33. The third kappa shape index (κ3) is 6.95. The van der Waals surface area contributed by atoms with Gasteiger partial charge in [-0.1, -0.05) is 0 Å². The molecule has 2 amide bonds. The topological polar surface area (TPSA) is 79.3 Å². The standard InChI is InChI=1S/C17H32N2O5/c1-12(20)10-13-11-18(14(21)23-16(2,3)4)8-9-19(13)15(22)24-17(5,6)7/h12-13,20H,8-11H2,1-7H3/t12-,13?/m1/s1. The van der Waals surface area contributed by atoms with E-state index in [1.54, 1.807) is 16.7 Å². The molecular weight excluding hydrogens is 312 g/mol. The number of carbonyl (C=O) groups is 2. The quantitative estimate of drug-likeness (QED) is 0.833. The largest absolute Gasteiger partial charge is 0.444 e. The molecule has 1 aliphatic heterocycles. The first-order valence-electron chi connectivity index (χ1n) is 8.44. The molecule has 140 valence electrons. The number of ether oxygens (including phenoxy) is 2. The van der Waals surface area contributed by atoms with E-state index in [4.69, 9.17) is 9.47 Å². The Morgan fingerprint density at radius 2 is 1.54 bits per heavy atom. The zero-order valence-corrected chi connectivity index (χ0v) is 16.0. The lowest BCUT2D eigenvalue weighted by Gasteiger charge is -2.42. The number of aliphatic hydroxyl groups excluding tert-OH is 1. The molecule has 2 atom stereocenters. The molecule has 1 saturated heterocycles. The van der Waals surface area contributed by atoms with E-state index >= 15 is 0 Å². The Labute approximate surface area is 144 Å². The molecular formula is C17H32N2O5. The maximum Gasteiger partial charge on any atom is 0.410 e. The smallest absolute Gasteiger partial charge is 0.410 e. The van der Waals surface area contributed by atoms with Crippen molar-refractivity contribution in [3.05, 3.63) is 0 Å². The summed E-state index contributed by atoms with van der Waals surface area (Å²) in [4.78, 5) is 27.8. The van der Waals surface area contributed by atoms with Crippen molar-refractivity contribution in [3.63, 3.8) is 0 Å². The van der Waals surface area contributed by atoms with Gasteiger partial charge in [-0.25, -0.2) is 9.59 Å². The molecule has 0 saturated carbocycles. The van der Waals surface area contributed by atoms with Gasteiger partial charge in [-0.3, -0.25) is 0 Å². The third-order valence-electron chi connectivity index (χ3n) is 3.38. The van der Waals surface area contributed by atoms with Gasteiger partial charge in [0.25, 0.3) is 0 Å². The van der Waals surface area contributed by atoms with E-state index in [2.05, 4.69) is 0 Å². The minimum absolute atomic E-state index is 0.305. The highest BCUT2D eigenvalue weighted by molar-refractivity contribution is 5.71. The molecule has 0 radical (unpaired) electrons. The number of aliphatic hydroxyl groups is 1. The van der Waals surface area contributed by atoms with Crippen molar-refractivity contribution in [2.24, 2.45) is 0 Å². The maximum atomic E-state index is 12.4. The first-order chi connectivity index (χ1) is 10.8. The van der Waals surface area contributed by atoms with Gasteiger partial charge in [0.15, 0.2) is 0 Å². The van der Waals surface area contributed by atoms with E-state index in [0.717, 1.165) is 0 Å². The van der Waals surface area contributed by atoms with E-state index in [9.17, 15) is 14.7 Å². The zero-order chi connectivity index (χ0) is 18.7. The molecule has 1 fully saturated rings. The van der Waals surface area contributed by atoms with Gasteiger partial charge in [-0.05, 0) is 54.9 Å². The predicted molar refractivity (Wildman–Crippen MR) is 90.8 cm³/mol. The lowest BCUT2D eigenvalue weighted by atomic mass is 10.1. The van der Waals surface area contributed by atoms with Gasteiger partial charge in [-0.15, -0.1) is 0 Å². The van der Waals surface area contributed by atoms with Crippen LogP contribution in [0.2, 0.25) is 0 Å². The summed E-state index contributed by atoms with van der Waals surface area (Å²) in [5.41, 5.74) is -1.16. The number of amides is 2. The van der Waals surface area contributed by atoms with Gasteiger partial charge >= 0.3 is 12.2 Å². The monoisotopic (exact) mass is 344 g/mol. The lowest BCUT2D eigenvalue weighted by molar-refractivity contribution is -0.0211. The van der Waals surface area contributed by atoms with Crippen LogP contribution in [0, 0.1) is 0 Å². The molecule has 1 aliphatic rings. The summed E-state index contributed by atoms with van der Waals surface area (Å²) in [5, 5.41) is 9.73. The Bertz CT molecular complexity index is 451. The molecule has 1 heterocycles. The fraction of sp³-hybridized carbons (Fsp3) is 0.882. The van der Waals surface area contributed by atoms with Crippen LogP contribution in [0.3, 0.4) is 0 Å². The Morgan fingerprint density at radius 1 is 1.04 bits per heavy atom. The Kier molecular flexibility index (Phi) is 6.50. The highest BCUT2D eigenvalue weighted by Gasteiger charge is 2.36. The van der Waals surface area contributed by atoms with Crippen LogP contribution in [0.5, 0.6) is 0 Å². The van der Waals surface area contributed by atoms with E-state index < -0.39 is 29.5 Å². The van der Waals surface area contributed by atoms with Crippen LogP contribution < -0.4 is 0 Å². The summed E-state index contributed by atoms with van der Waals surface area (Å²) in [7, 11) is 0. The van der Waals surface area contributed by atoms with Crippen LogP contribution in [-0.2, 0) is 9.47 Å². The van der Waals surface area contributed by atoms with Crippen molar-refractivity contribution in [2.75, 3.05) is 19.6 Å². The molecule has 0 aromatic carbocycles. The van der Waals surface area contributed by atoms with E-state index in [0.29, 0.717) is 26.1 Å². The Balaban J connectivity index is 2.80. The van der Waals surface area contributed by atoms with E-state index in [-0.39, 0.29) is 6.04 Å². The second kappa shape index (κ2) is 7.59. The fourth-order valence-corrected chi connectivity index (χ4v) is 2.50.